The number of amides is 1. The second kappa shape index (κ2) is 10.4. The molecule has 1 unspecified atom stereocenters. The van der Waals surface area contributed by atoms with E-state index in [1.165, 1.54) is 24.3 Å². The topological polar surface area (TPSA) is 98.1 Å². The van der Waals surface area contributed by atoms with Gasteiger partial charge in [0, 0.05) is 11.0 Å². The van der Waals surface area contributed by atoms with Gasteiger partial charge in [0.2, 0.25) is 14.9 Å². The van der Waals surface area contributed by atoms with Crippen molar-refractivity contribution in [1.82, 2.24) is 10.2 Å². The highest BCUT2D eigenvalue weighted by Crippen LogP contribution is 2.31. The zero-order valence-corrected chi connectivity index (χ0v) is 21.1. The monoisotopic (exact) mass is 536 g/mol. The number of rotatable bonds is 9. The number of ether oxygens (including phenoxy) is 2. The third kappa shape index (κ3) is 5.58. The lowest BCUT2D eigenvalue weighted by Crippen LogP contribution is -2.34. The number of hydrogen-bond acceptors (Lipinski definition) is 7. The summed E-state index contributed by atoms with van der Waals surface area (Å²) in [5.74, 6) is 0.593. The first kappa shape index (κ1) is 24.8. The lowest BCUT2D eigenvalue weighted by molar-refractivity contribution is 0.0908. The van der Waals surface area contributed by atoms with E-state index >= 15 is 0 Å². The van der Waals surface area contributed by atoms with Crippen LogP contribution >= 0.6 is 15.9 Å². The number of likely N-dealkylation sites (N-methyl/N-ethyl adjacent to an activating group) is 1. The van der Waals surface area contributed by atoms with Gasteiger partial charge >= 0.3 is 0 Å². The van der Waals surface area contributed by atoms with Crippen LogP contribution in [0.5, 0.6) is 11.5 Å². The van der Waals surface area contributed by atoms with Crippen LogP contribution < -0.4 is 14.8 Å². The van der Waals surface area contributed by atoms with Gasteiger partial charge in [0.1, 0.15) is 0 Å². The molecule has 3 aromatic rings. The first-order valence-electron chi connectivity index (χ1n) is 9.94. The summed E-state index contributed by atoms with van der Waals surface area (Å²) >= 11 is 3.27. The fraction of sp³-hybridized carbons (Fsp3) is 0.261. The number of methoxy groups -OCH3 is 2. The van der Waals surface area contributed by atoms with E-state index in [1.54, 1.807) is 32.4 Å². The quantitative estimate of drug-likeness (QED) is 0.442. The molecule has 0 bridgehead atoms. The summed E-state index contributed by atoms with van der Waals surface area (Å²) in [5, 5.41) is 2.52. The molecule has 3 rings (SSSR count). The number of carbonyl (C=O) groups is 1. The minimum absolute atomic E-state index is 0.0770. The fourth-order valence-electron chi connectivity index (χ4n) is 3.25. The van der Waals surface area contributed by atoms with Gasteiger partial charge in [-0.05, 0) is 68.2 Å². The van der Waals surface area contributed by atoms with Gasteiger partial charge < -0.3 is 24.1 Å². The summed E-state index contributed by atoms with van der Waals surface area (Å²) in [6.45, 7) is 0.261. The lowest BCUT2D eigenvalue weighted by Gasteiger charge is -2.25. The number of halogens is 1. The van der Waals surface area contributed by atoms with Gasteiger partial charge in [-0.1, -0.05) is 22.0 Å². The van der Waals surface area contributed by atoms with Gasteiger partial charge in [-0.3, -0.25) is 4.79 Å². The van der Waals surface area contributed by atoms with Crippen LogP contribution in [-0.4, -0.2) is 54.1 Å². The molecule has 1 aromatic heterocycles. The maximum atomic E-state index is 12.8. The molecule has 1 heterocycles. The Morgan fingerprint density at radius 3 is 2.30 bits per heavy atom. The Bertz CT molecular complexity index is 1220. The van der Waals surface area contributed by atoms with Crippen LogP contribution in [0, 0.1) is 0 Å². The molecule has 0 saturated heterocycles. The van der Waals surface area contributed by atoms with Crippen LogP contribution in [0.2, 0.25) is 0 Å². The zero-order valence-electron chi connectivity index (χ0n) is 18.7. The predicted molar refractivity (Wildman–Crippen MR) is 127 cm³/mol. The van der Waals surface area contributed by atoms with Crippen LogP contribution in [0.25, 0.3) is 0 Å². The number of sulfone groups is 1. The van der Waals surface area contributed by atoms with Crippen molar-refractivity contribution in [3.8, 4) is 11.5 Å². The van der Waals surface area contributed by atoms with Crippen molar-refractivity contribution in [1.29, 1.82) is 0 Å². The second-order valence-electron chi connectivity index (χ2n) is 7.38. The largest absolute Gasteiger partial charge is 0.493 e. The highest BCUT2D eigenvalue weighted by atomic mass is 79.9. The number of hydrogen-bond donors (Lipinski definition) is 1. The molecule has 2 aromatic carbocycles. The first-order valence-corrected chi connectivity index (χ1v) is 12.2. The SMILES string of the molecule is COc1ccc(C(CNC(=O)c2ccc(S(=O)(=O)c3ccc(Br)cc3)o2)N(C)C)cc1OC. The zero-order chi connectivity index (χ0) is 24.2. The lowest BCUT2D eigenvalue weighted by atomic mass is 10.0. The molecule has 0 aliphatic heterocycles. The van der Waals surface area contributed by atoms with Crippen molar-refractivity contribution in [3.63, 3.8) is 0 Å². The summed E-state index contributed by atoms with van der Waals surface area (Å²) in [6, 6.07) is 14.2. The van der Waals surface area contributed by atoms with Crippen molar-refractivity contribution in [3.05, 3.63) is 70.4 Å². The average molecular weight is 537 g/mol. The normalized spacial score (nSPS) is 12.4. The number of furan rings is 1. The Balaban J connectivity index is 1.75. The molecular formula is C23H25BrN2O6S. The number of nitrogens with one attached hydrogen (secondary N) is 1. The van der Waals surface area contributed by atoms with Gasteiger partial charge in [0.05, 0.1) is 25.2 Å². The summed E-state index contributed by atoms with van der Waals surface area (Å²) in [5.41, 5.74) is 0.913. The summed E-state index contributed by atoms with van der Waals surface area (Å²) in [7, 11) is 3.04. The van der Waals surface area contributed by atoms with Crippen molar-refractivity contribution in [2.24, 2.45) is 0 Å². The maximum absolute atomic E-state index is 12.8. The average Bonchev–Trinajstić information content (AvgIpc) is 3.30. The highest BCUT2D eigenvalue weighted by Gasteiger charge is 2.24. The minimum Gasteiger partial charge on any atom is -0.493 e. The molecule has 0 aliphatic carbocycles. The maximum Gasteiger partial charge on any atom is 0.287 e. The smallest absolute Gasteiger partial charge is 0.287 e. The molecule has 0 spiro atoms. The molecule has 8 nitrogen and oxygen atoms in total. The van der Waals surface area contributed by atoms with E-state index in [-0.39, 0.29) is 28.3 Å². The van der Waals surface area contributed by atoms with Crippen LogP contribution in [0.1, 0.15) is 22.2 Å². The molecule has 0 saturated carbocycles. The Kier molecular flexibility index (Phi) is 7.83. The molecule has 10 heteroatoms. The van der Waals surface area contributed by atoms with Crippen LogP contribution in [0.3, 0.4) is 0 Å². The molecule has 1 amide bonds. The van der Waals surface area contributed by atoms with Crippen molar-refractivity contribution < 1.29 is 27.1 Å². The van der Waals surface area contributed by atoms with Gasteiger partial charge in [0.25, 0.3) is 5.91 Å². The van der Waals surface area contributed by atoms with Gasteiger partial charge in [-0.25, -0.2) is 8.42 Å². The van der Waals surface area contributed by atoms with Gasteiger partial charge in [-0.15, -0.1) is 0 Å². The molecule has 1 N–H and O–H groups in total. The minimum atomic E-state index is -3.87. The Morgan fingerprint density at radius 1 is 1.03 bits per heavy atom. The third-order valence-corrected chi connectivity index (χ3v) is 7.24. The summed E-state index contributed by atoms with van der Waals surface area (Å²) < 4.78 is 42.3. The van der Waals surface area contributed by atoms with E-state index in [0.717, 1.165) is 10.0 Å². The van der Waals surface area contributed by atoms with Gasteiger partial charge in [-0.2, -0.15) is 0 Å². The van der Waals surface area contributed by atoms with Crippen LogP contribution in [-0.2, 0) is 9.84 Å². The van der Waals surface area contributed by atoms with E-state index < -0.39 is 15.7 Å². The molecule has 0 radical (unpaired) electrons. The van der Waals surface area contributed by atoms with E-state index in [2.05, 4.69) is 21.2 Å². The van der Waals surface area contributed by atoms with Crippen LogP contribution in [0.15, 0.2) is 73.5 Å². The first-order chi connectivity index (χ1) is 15.7. The van der Waals surface area contributed by atoms with Crippen molar-refractivity contribution in [2.75, 3.05) is 34.9 Å². The second-order valence-corrected chi connectivity index (χ2v) is 10.2. The fourth-order valence-corrected chi connectivity index (χ4v) is 4.69. The summed E-state index contributed by atoms with van der Waals surface area (Å²) in [6.07, 6.45) is 0. The van der Waals surface area contributed by atoms with E-state index in [0.29, 0.717) is 11.5 Å². The number of carbonyl (C=O) groups excluding carboxylic acids is 1. The van der Waals surface area contributed by atoms with Crippen molar-refractivity contribution >= 4 is 31.7 Å². The number of benzene rings is 2. The molecule has 0 aliphatic rings. The van der Waals surface area contributed by atoms with E-state index in [4.69, 9.17) is 13.9 Å². The van der Waals surface area contributed by atoms with E-state index in [9.17, 15) is 13.2 Å². The van der Waals surface area contributed by atoms with Crippen molar-refractivity contribution in [2.45, 2.75) is 16.0 Å². The Labute approximate surface area is 201 Å². The highest BCUT2D eigenvalue weighted by molar-refractivity contribution is 9.10. The molecule has 1 atom stereocenters. The van der Waals surface area contributed by atoms with Gasteiger partial charge in [0.15, 0.2) is 17.3 Å². The van der Waals surface area contributed by atoms with E-state index in [1.807, 2.05) is 31.1 Å². The number of nitrogens with zero attached hydrogens (tertiary/aromatic N) is 1. The third-order valence-electron chi connectivity index (χ3n) is 5.07. The Hall–Kier alpha value is -2.82. The predicted octanol–water partition coefficient (Wildman–Crippen LogP) is 3.92. The Morgan fingerprint density at radius 2 is 1.70 bits per heavy atom. The molecule has 0 fully saturated rings. The molecule has 176 valence electrons. The summed E-state index contributed by atoms with van der Waals surface area (Å²) in [4.78, 5) is 14.7. The van der Waals surface area contributed by atoms with Crippen LogP contribution in [0.4, 0.5) is 0 Å². The molecule has 33 heavy (non-hydrogen) atoms. The standard InChI is InChI=1S/C23H25BrN2O6S/c1-26(2)18(15-5-10-19(30-3)21(13-15)31-4)14-25-23(27)20-11-12-22(32-20)33(28,29)17-8-6-16(24)7-9-17/h5-13,18H,14H2,1-4H3,(H,25,27). The molecular weight excluding hydrogens is 512 g/mol.